The third-order valence-electron chi connectivity index (χ3n) is 3.81. The van der Waals surface area contributed by atoms with Gasteiger partial charge in [0, 0.05) is 0 Å². The van der Waals surface area contributed by atoms with Crippen molar-refractivity contribution in [1.82, 2.24) is 0 Å². The summed E-state index contributed by atoms with van der Waals surface area (Å²) in [6.07, 6.45) is 6.51. The summed E-state index contributed by atoms with van der Waals surface area (Å²) in [4.78, 5) is 37.3. The Hall–Kier alpha value is -4.16. The third kappa shape index (κ3) is 6.78. The summed E-state index contributed by atoms with van der Waals surface area (Å²) in [5, 5.41) is 19.3. The van der Waals surface area contributed by atoms with Gasteiger partial charge in [-0.15, -0.1) is 0 Å². The first-order chi connectivity index (χ1) is 14.4. The van der Waals surface area contributed by atoms with Gasteiger partial charge in [-0.2, -0.15) is 4.99 Å². The monoisotopic (exact) mass is 409 g/mol. The first-order valence-corrected chi connectivity index (χ1v) is 8.71. The highest BCUT2D eigenvalue weighted by atomic mass is 16.5. The van der Waals surface area contributed by atoms with Crippen LogP contribution in [0.4, 0.5) is 0 Å². The number of aromatic hydroxyl groups is 2. The van der Waals surface area contributed by atoms with Crippen LogP contribution in [0.25, 0.3) is 12.2 Å². The zero-order chi connectivity index (χ0) is 21.9. The number of carbonyl (C=O) groups is 2. The molecule has 8 heteroatoms. The van der Waals surface area contributed by atoms with Crippen molar-refractivity contribution in [1.29, 1.82) is 0 Å². The van der Waals surface area contributed by atoms with Crippen LogP contribution in [-0.4, -0.2) is 41.7 Å². The summed E-state index contributed by atoms with van der Waals surface area (Å²) in [7, 11) is 1.42. The van der Waals surface area contributed by atoms with Gasteiger partial charge < -0.3 is 19.7 Å². The molecule has 0 aliphatic heterocycles. The molecule has 0 bridgehead atoms. The van der Waals surface area contributed by atoms with Gasteiger partial charge in [-0.25, -0.2) is 4.79 Å². The number of benzene rings is 2. The van der Waals surface area contributed by atoms with E-state index in [0.29, 0.717) is 11.1 Å². The smallest absolute Gasteiger partial charge is 0.238 e. The molecule has 0 heterocycles. The average molecular weight is 409 g/mol. The predicted octanol–water partition coefficient (Wildman–Crippen LogP) is 3.03. The van der Waals surface area contributed by atoms with Crippen molar-refractivity contribution in [3.8, 4) is 23.0 Å². The molecule has 0 spiro atoms. The maximum atomic E-state index is 12.0. The lowest BCUT2D eigenvalue weighted by Crippen LogP contribution is -2.02. The first kappa shape index (κ1) is 22.1. The Morgan fingerprint density at radius 1 is 0.967 bits per heavy atom. The second-order valence-electron chi connectivity index (χ2n) is 5.96. The number of phenols is 2. The molecule has 0 radical (unpaired) electrons. The van der Waals surface area contributed by atoms with Gasteiger partial charge in [0.15, 0.2) is 41.3 Å². The second-order valence-corrected chi connectivity index (χ2v) is 5.96. The summed E-state index contributed by atoms with van der Waals surface area (Å²) in [6, 6.07) is 8.98. The molecular weight excluding hydrogens is 390 g/mol. The maximum absolute atomic E-state index is 12.0. The van der Waals surface area contributed by atoms with E-state index >= 15 is 0 Å². The van der Waals surface area contributed by atoms with Crippen LogP contribution in [0.5, 0.6) is 23.0 Å². The molecule has 2 rings (SSSR count). The number of hydrogen-bond acceptors (Lipinski definition) is 8. The third-order valence-corrected chi connectivity index (χ3v) is 3.81. The van der Waals surface area contributed by atoms with E-state index in [-0.39, 0.29) is 36.1 Å². The lowest BCUT2D eigenvalue weighted by Gasteiger charge is -2.05. The van der Waals surface area contributed by atoms with Gasteiger partial charge in [0.2, 0.25) is 6.08 Å². The van der Waals surface area contributed by atoms with Crippen LogP contribution in [0.15, 0.2) is 53.5 Å². The van der Waals surface area contributed by atoms with E-state index in [1.807, 2.05) is 0 Å². The summed E-state index contributed by atoms with van der Waals surface area (Å²) >= 11 is 0. The van der Waals surface area contributed by atoms with Crippen LogP contribution in [0.1, 0.15) is 17.5 Å². The van der Waals surface area contributed by atoms with Crippen LogP contribution >= 0.6 is 0 Å². The Kier molecular flexibility index (Phi) is 8.11. The van der Waals surface area contributed by atoms with E-state index in [1.54, 1.807) is 18.2 Å². The molecule has 0 aromatic heterocycles. The fourth-order valence-electron chi connectivity index (χ4n) is 2.34. The minimum atomic E-state index is -0.408. The summed E-state index contributed by atoms with van der Waals surface area (Å²) in [6.45, 7) is -0.295. The largest absolute Gasteiger partial charge is 0.504 e. The van der Waals surface area contributed by atoms with E-state index < -0.39 is 11.6 Å². The Morgan fingerprint density at radius 3 is 2.03 bits per heavy atom. The Labute approximate surface area is 172 Å². The highest BCUT2D eigenvalue weighted by molar-refractivity contribution is 6.10. The van der Waals surface area contributed by atoms with Crippen molar-refractivity contribution < 1.29 is 34.1 Å². The number of methoxy groups -OCH3 is 1. The molecule has 30 heavy (non-hydrogen) atoms. The predicted molar refractivity (Wildman–Crippen MR) is 109 cm³/mol. The van der Waals surface area contributed by atoms with Gasteiger partial charge >= 0.3 is 0 Å². The van der Waals surface area contributed by atoms with Crippen LogP contribution in [-0.2, 0) is 14.4 Å². The van der Waals surface area contributed by atoms with E-state index in [0.717, 1.165) is 0 Å². The molecule has 8 nitrogen and oxygen atoms in total. The van der Waals surface area contributed by atoms with Gasteiger partial charge in [0.05, 0.1) is 13.5 Å². The number of isocyanates is 1. The number of aliphatic imine (C=N–C) groups is 1. The number of nitrogens with zero attached hydrogens (tertiary/aromatic N) is 1. The highest BCUT2D eigenvalue weighted by Crippen LogP contribution is 2.28. The Bertz CT molecular complexity index is 1030. The van der Waals surface area contributed by atoms with Crippen LogP contribution in [0, 0.1) is 0 Å². The van der Waals surface area contributed by atoms with E-state index in [9.17, 15) is 24.6 Å². The SMILES string of the molecule is COc1cc(/C=C/C(=O)CC(=O)/C=C/c2ccc(O)c(OCN=C=O)c2)ccc1O. The quantitative estimate of drug-likeness (QED) is 0.268. The molecule has 2 aromatic carbocycles. The van der Waals surface area contributed by atoms with Crippen molar-refractivity contribution in [2.75, 3.05) is 13.8 Å². The minimum absolute atomic E-state index is 0.0134. The van der Waals surface area contributed by atoms with E-state index in [4.69, 9.17) is 9.47 Å². The molecule has 0 aliphatic carbocycles. The van der Waals surface area contributed by atoms with Crippen molar-refractivity contribution >= 4 is 29.8 Å². The number of ether oxygens (including phenoxy) is 2. The normalized spacial score (nSPS) is 10.7. The fraction of sp³-hybridized carbons (Fsp3) is 0.136. The Balaban J connectivity index is 1.96. The number of ketones is 2. The van der Waals surface area contributed by atoms with Gasteiger partial charge in [0.25, 0.3) is 0 Å². The van der Waals surface area contributed by atoms with Gasteiger partial charge in [0.1, 0.15) is 0 Å². The van der Waals surface area contributed by atoms with Crippen molar-refractivity contribution in [3.05, 3.63) is 59.7 Å². The second kappa shape index (κ2) is 11.0. The molecule has 154 valence electrons. The maximum Gasteiger partial charge on any atom is 0.238 e. The van der Waals surface area contributed by atoms with Gasteiger partial charge in [-0.05, 0) is 47.5 Å². The number of allylic oxidation sites excluding steroid dienone is 2. The van der Waals surface area contributed by atoms with Crippen molar-refractivity contribution in [2.45, 2.75) is 6.42 Å². The van der Waals surface area contributed by atoms with Crippen molar-refractivity contribution in [2.24, 2.45) is 4.99 Å². The standard InChI is InChI=1S/C22H19NO7/c1-29-21-10-15(4-8-19(21)27)2-6-17(25)12-18(26)7-3-16-5-9-20(28)22(11-16)30-14-23-13-24/h2-11,27-28H,12,14H2,1H3/b6-2+,7-3+. The van der Waals surface area contributed by atoms with Crippen LogP contribution in [0.2, 0.25) is 0 Å². The molecule has 2 aromatic rings. The minimum Gasteiger partial charge on any atom is -0.504 e. The molecule has 0 fully saturated rings. The van der Waals surface area contributed by atoms with E-state index in [1.165, 1.54) is 55.7 Å². The van der Waals surface area contributed by atoms with Crippen molar-refractivity contribution in [3.63, 3.8) is 0 Å². The zero-order valence-corrected chi connectivity index (χ0v) is 16.1. The van der Waals surface area contributed by atoms with Crippen LogP contribution < -0.4 is 9.47 Å². The van der Waals surface area contributed by atoms with Crippen LogP contribution in [0.3, 0.4) is 0 Å². The van der Waals surface area contributed by atoms with E-state index in [2.05, 4.69) is 4.99 Å². The molecule has 0 amide bonds. The summed E-state index contributed by atoms with van der Waals surface area (Å²) in [5.41, 5.74) is 1.18. The number of carbonyl (C=O) groups excluding carboxylic acids is 3. The summed E-state index contributed by atoms with van der Waals surface area (Å²) < 4.78 is 10.1. The lowest BCUT2D eigenvalue weighted by atomic mass is 10.1. The average Bonchev–Trinajstić information content (AvgIpc) is 2.73. The van der Waals surface area contributed by atoms with Gasteiger partial charge in [-0.3, -0.25) is 9.59 Å². The number of phenolic OH excluding ortho intramolecular Hbond substituents is 2. The summed E-state index contributed by atoms with van der Waals surface area (Å²) in [5.74, 6) is -0.593. The number of rotatable bonds is 10. The fourth-order valence-corrected chi connectivity index (χ4v) is 2.34. The zero-order valence-electron chi connectivity index (χ0n) is 16.1. The lowest BCUT2D eigenvalue weighted by molar-refractivity contribution is -0.121. The van der Waals surface area contributed by atoms with Gasteiger partial charge in [-0.1, -0.05) is 24.3 Å². The molecule has 0 saturated heterocycles. The Morgan fingerprint density at radius 2 is 1.50 bits per heavy atom. The molecule has 0 saturated carbocycles. The first-order valence-electron chi connectivity index (χ1n) is 8.71. The molecule has 2 N–H and O–H groups in total. The molecular formula is C22H19NO7. The molecule has 0 aliphatic rings. The molecule has 0 unspecified atom stereocenters. The molecule has 0 atom stereocenters. The highest BCUT2D eigenvalue weighted by Gasteiger charge is 2.06. The topological polar surface area (TPSA) is 122 Å². The number of hydrogen-bond donors (Lipinski definition) is 2.